The first-order valence-electron chi connectivity index (χ1n) is 6.34. The van der Waals surface area contributed by atoms with E-state index < -0.39 is 0 Å². The van der Waals surface area contributed by atoms with E-state index in [1.165, 1.54) is 12.8 Å². The number of carbonyl (C=O) groups is 1. The van der Waals surface area contributed by atoms with Gasteiger partial charge in [0.2, 0.25) is 5.91 Å². The first-order valence-corrected chi connectivity index (χ1v) is 6.34. The van der Waals surface area contributed by atoms with Crippen molar-refractivity contribution in [2.45, 2.75) is 58.4 Å². The Kier molecular flexibility index (Phi) is 5.31. The molecular weight excluding hydrogens is 200 g/mol. The van der Waals surface area contributed by atoms with E-state index in [0.717, 1.165) is 25.7 Å². The summed E-state index contributed by atoms with van der Waals surface area (Å²) in [7, 11) is 0. The van der Waals surface area contributed by atoms with E-state index in [0.29, 0.717) is 0 Å². The average Bonchev–Trinajstić information content (AvgIpc) is 2.53. The first kappa shape index (κ1) is 13.0. The lowest BCUT2D eigenvalue weighted by atomic mass is 9.98. The van der Waals surface area contributed by atoms with Crippen LogP contribution in [0.5, 0.6) is 0 Å². The van der Waals surface area contributed by atoms with Crippen molar-refractivity contribution in [2.24, 2.45) is 5.92 Å². The predicted molar refractivity (Wildman–Crippen MR) is 63.7 cm³/mol. The van der Waals surface area contributed by atoms with Gasteiger partial charge < -0.3 is 4.90 Å². The first-order chi connectivity index (χ1) is 7.66. The quantitative estimate of drug-likeness (QED) is 0.544. The summed E-state index contributed by atoms with van der Waals surface area (Å²) in [5.74, 6) is 0.358. The largest absolute Gasteiger partial charge is 0.327 e. The van der Waals surface area contributed by atoms with Gasteiger partial charge in [-0.2, -0.15) is 5.26 Å². The number of rotatable bonds is 3. The molecule has 16 heavy (non-hydrogen) atoms. The van der Waals surface area contributed by atoms with Crippen molar-refractivity contribution in [3.8, 4) is 6.07 Å². The Labute approximate surface area is 98.4 Å². The van der Waals surface area contributed by atoms with Gasteiger partial charge in [0.15, 0.2) is 0 Å². The molecule has 0 radical (unpaired) electrons. The highest BCUT2D eigenvalue weighted by molar-refractivity contribution is 5.79. The minimum absolute atomic E-state index is 0.135. The maximum Gasteiger partial charge on any atom is 0.226 e. The Morgan fingerprint density at radius 1 is 1.31 bits per heavy atom. The van der Waals surface area contributed by atoms with Gasteiger partial charge in [-0.15, -0.1) is 0 Å². The summed E-state index contributed by atoms with van der Waals surface area (Å²) in [5.41, 5.74) is 0. The van der Waals surface area contributed by atoms with Crippen LogP contribution in [0.2, 0.25) is 0 Å². The van der Waals surface area contributed by atoms with Gasteiger partial charge in [-0.25, -0.2) is 0 Å². The molecule has 1 amide bonds. The Morgan fingerprint density at radius 3 is 2.31 bits per heavy atom. The zero-order valence-electron chi connectivity index (χ0n) is 10.4. The third-order valence-corrected chi connectivity index (χ3v) is 3.35. The number of nitrogens with zero attached hydrogens (tertiary/aromatic N) is 2. The smallest absolute Gasteiger partial charge is 0.226 e. The van der Waals surface area contributed by atoms with Gasteiger partial charge in [-0.1, -0.05) is 25.7 Å². The van der Waals surface area contributed by atoms with Gasteiger partial charge in [0, 0.05) is 12.0 Å². The molecule has 1 aliphatic rings. The topological polar surface area (TPSA) is 44.1 Å². The zero-order chi connectivity index (χ0) is 12.0. The van der Waals surface area contributed by atoms with Crippen LogP contribution in [0.25, 0.3) is 0 Å². The lowest BCUT2D eigenvalue weighted by Crippen LogP contribution is -2.41. The fourth-order valence-electron chi connectivity index (χ4n) is 2.35. The van der Waals surface area contributed by atoms with Crippen molar-refractivity contribution < 1.29 is 4.79 Å². The van der Waals surface area contributed by atoms with E-state index in [4.69, 9.17) is 5.26 Å². The Balaban J connectivity index is 2.61. The number of carbonyl (C=O) groups excluding carboxylic acids is 1. The molecule has 1 fully saturated rings. The molecule has 0 aromatic rings. The SMILES string of the molecule is CC(C)N(CC#N)C(=O)C1CCCCCC1. The molecule has 0 saturated heterocycles. The van der Waals surface area contributed by atoms with Crippen molar-refractivity contribution in [3.05, 3.63) is 0 Å². The van der Waals surface area contributed by atoms with E-state index in [2.05, 4.69) is 6.07 Å². The molecule has 0 bridgehead atoms. The van der Waals surface area contributed by atoms with Crippen LogP contribution in [-0.4, -0.2) is 23.4 Å². The van der Waals surface area contributed by atoms with Crippen molar-refractivity contribution in [2.75, 3.05) is 6.54 Å². The fourth-order valence-corrected chi connectivity index (χ4v) is 2.35. The molecule has 0 spiro atoms. The summed E-state index contributed by atoms with van der Waals surface area (Å²) in [6.07, 6.45) is 6.85. The Hall–Kier alpha value is -1.04. The van der Waals surface area contributed by atoms with Crippen molar-refractivity contribution in [1.29, 1.82) is 5.26 Å². The fraction of sp³-hybridized carbons (Fsp3) is 0.846. The van der Waals surface area contributed by atoms with Crippen LogP contribution in [0.1, 0.15) is 52.4 Å². The summed E-state index contributed by atoms with van der Waals surface area (Å²) in [4.78, 5) is 14.0. The molecule has 0 N–H and O–H groups in total. The van der Waals surface area contributed by atoms with E-state index in [-0.39, 0.29) is 24.4 Å². The molecule has 1 rings (SSSR count). The third kappa shape index (κ3) is 3.52. The van der Waals surface area contributed by atoms with Gasteiger partial charge >= 0.3 is 0 Å². The van der Waals surface area contributed by atoms with Gasteiger partial charge in [-0.3, -0.25) is 4.79 Å². The number of amides is 1. The van der Waals surface area contributed by atoms with Crippen molar-refractivity contribution >= 4 is 5.91 Å². The Morgan fingerprint density at radius 2 is 1.88 bits per heavy atom. The highest BCUT2D eigenvalue weighted by Crippen LogP contribution is 2.25. The zero-order valence-corrected chi connectivity index (χ0v) is 10.4. The van der Waals surface area contributed by atoms with E-state index in [1.807, 2.05) is 13.8 Å². The number of hydrogen-bond acceptors (Lipinski definition) is 2. The lowest BCUT2D eigenvalue weighted by Gasteiger charge is -2.28. The summed E-state index contributed by atoms with van der Waals surface area (Å²) in [5, 5.41) is 8.74. The van der Waals surface area contributed by atoms with Gasteiger partial charge in [0.05, 0.1) is 6.07 Å². The molecule has 90 valence electrons. The average molecular weight is 222 g/mol. The van der Waals surface area contributed by atoms with Gasteiger partial charge in [0.1, 0.15) is 6.54 Å². The summed E-state index contributed by atoms with van der Waals surface area (Å²) in [6.45, 7) is 4.19. The molecule has 1 aliphatic carbocycles. The standard InChI is InChI=1S/C13H22N2O/c1-11(2)15(10-9-14)13(16)12-7-5-3-4-6-8-12/h11-12H,3-8,10H2,1-2H3. The van der Waals surface area contributed by atoms with Crippen molar-refractivity contribution in [3.63, 3.8) is 0 Å². The van der Waals surface area contributed by atoms with Crippen molar-refractivity contribution in [1.82, 2.24) is 4.90 Å². The summed E-state index contributed by atoms with van der Waals surface area (Å²) < 4.78 is 0. The molecule has 3 heteroatoms. The van der Waals surface area contributed by atoms with Crippen LogP contribution in [0, 0.1) is 17.2 Å². The van der Waals surface area contributed by atoms with Crippen LogP contribution in [0.15, 0.2) is 0 Å². The summed E-state index contributed by atoms with van der Waals surface area (Å²) >= 11 is 0. The molecule has 0 unspecified atom stereocenters. The molecule has 0 aliphatic heterocycles. The summed E-state index contributed by atoms with van der Waals surface area (Å²) in [6, 6.07) is 2.22. The highest BCUT2D eigenvalue weighted by atomic mass is 16.2. The van der Waals surface area contributed by atoms with Gasteiger partial charge in [-0.05, 0) is 26.7 Å². The van der Waals surface area contributed by atoms with Crippen LogP contribution in [0.4, 0.5) is 0 Å². The number of hydrogen-bond donors (Lipinski definition) is 0. The van der Waals surface area contributed by atoms with E-state index in [9.17, 15) is 4.79 Å². The molecule has 3 nitrogen and oxygen atoms in total. The van der Waals surface area contributed by atoms with Crippen LogP contribution in [0.3, 0.4) is 0 Å². The molecule has 1 saturated carbocycles. The molecule has 0 heterocycles. The molecular formula is C13H22N2O. The Bertz CT molecular complexity index is 260. The molecule has 0 aromatic heterocycles. The number of nitriles is 1. The second-order valence-corrected chi connectivity index (χ2v) is 4.91. The van der Waals surface area contributed by atoms with Crippen LogP contribution >= 0.6 is 0 Å². The highest BCUT2D eigenvalue weighted by Gasteiger charge is 2.26. The maximum absolute atomic E-state index is 12.3. The van der Waals surface area contributed by atoms with E-state index >= 15 is 0 Å². The molecule has 0 atom stereocenters. The second kappa shape index (κ2) is 6.52. The maximum atomic E-state index is 12.3. The minimum Gasteiger partial charge on any atom is -0.327 e. The van der Waals surface area contributed by atoms with Gasteiger partial charge in [0.25, 0.3) is 0 Å². The minimum atomic E-state index is 0.135. The third-order valence-electron chi connectivity index (χ3n) is 3.35. The second-order valence-electron chi connectivity index (χ2n) is 4.91. The van der Waals surface area contributed by atoms with Crippen LogP contribution in [-0.2, 0) is 4.79 Å². The lowest BCUT2D eigenvalue weighted by molar-refractivity contribution is -0.137. The predicted octanol–water partition coefficient (Wildman–Crippen LogP) is 2.72. The van der Waals surface area contributed by atoms with E-state index in [1.54, 1.807) is 4.90 Å². The van der Waals surface area contributed by atoms with Crippen LogP contribution < -0.4 is 0 Å². The normalized spacial score (nSPS) is 17.9. The molecule has 0 aromatic carbocycles. The monoisotopic (exact) mass is 222 g/mol.